The van der Waals surface area contributed by atoms with Gasteiger partial charge in [-0.2, -0.15) is 0 Å². The van der Waals surface area contributed by atoms with Gasteiger partial charge in [0.25, 0.3) is 0 Å². The molecule has 2 aromatic heterocycles. The summed E-state index contributed by atoms with van der Waals surface area (Å²) in [5.74, 6) is 1.53. The highest BCUT2D eigenvalue weighted by Gasteiger charge is 2.21. The lowest BCUT2D eigenvalue weighted by atomic mass is 10.00. The lowest BCUT2D eigenvalue weighted by Gasteiger charge is -2.11. The SMILES string of the molecule is CN(C)CCOc1ccc(-c2oc3ncnc(Cl)c3c2-c2ccccc2)cc1. The minimum atomic E-state index is 0.377. The van der Waals surface area contributed by atoms with Crippen molar-refractivity contribution in [3.8, 4) is 28.2 Å². The van der Waals surface area contributed by atoms with Crippen molar-refractivity contribution in [1.82, 2.24) is 14.9 Å². The van der Waals surface area contributed by atoms with E-state index in [1.54, 1.807) is 0 Å². The Labute approximate surface area is 168 Å². The maximum atomic E-state index is 6.39. The lowest BCUT2D eigenvalue weighted by Crippen LogP contribution is -2.19. The summed E-state index contributed by atoms with van der Waals surface area (Å²) in [7, 11) is 4.04. The first-order valence-corrected chi connectivity index (χ1v) is 9.37. The molecule has 4 rings (SSSR count). The molecule has 0 fully saturated rings. The van der Waals surface area contributed by atoms with Gasteiger partial charge in [-0.1, -0.05) is 41.9 Å². The molecule has 0 radical (unpaired) electrons. The second-order valence-corrected chi connectivity index (χ2v) is 7.05. The molecule has 0 N–H and O–H groups in total. The van der Waals surface area contributed by atoms with E-state index >= 15 is 0 Å². The van der Waals surface area contributed by atoms with Crippen molar-refractivity contribution in [2.75, 3.05) is 27.2 Å². The maximum absolute atomic E-state index is 6.39. The molecule has 0 unspecified atom stereocenters. The van der Waals surface area contributed by atoms with E-state index in [9.17, 15) is 0 Å². The van der Waals surface area contributed by atoms with E-state index in [4.69, 9.17) is 20.8 Å². The van der Waals surface area contributed by atoms with Gasteiger partial charge >= 0.3 is 0 Å². The molecule has 0 bridgehead atoms. The molecule has 0 aliphatic rings. The van der Waals surface area contributed by atoms with Gasteiger partial charge in [-0.25, -0.2) is 9.97 Å². The number of rotatable bonds is 6. The molecule has 0 saturated carbocycles. The van der Waals surface area contributed by atoms with Crippen molar-refractivity contribution >= 4 is 22.7 Å². The Balaban J connectivity index is 1.76. The van der Waals surface area contributed by atoms with Crippen LogP contribution in [0.5, 0.6) is 5.75 Å². The van der Waals surface area contributed by atoms with Gasteiger partial charge in [-0.3, -0.25) is 0 Å². The topological polar surface area (TPSA) is 51.4 Å². The molecule has 142 valence electrons. The van der Waals surface area contributed by atoms with Gasteiger partial charge in [0.05, 0.1) is 5.39 Å². The average Bonchev–Trinajstić information content (AvgIpc) is 3.10. The molecule has 0 amide bonds. The van der Waals surface area contributed by atoms with E-state index in [0.717, 1.165) is 34.4 Å². The van der Waals surface area contributed by atoms with Crippen LogP contribution >= 0.6 is 11.6 Å². The van der Waals surface area contributed by atoms with Gasteiger partial charge in [0, 0.05) is 17.7 Å². The molecule has 28 heavy (non-hydrogen) atoms. The normalized spacial score (nSPS) is 11.3. The first-order valence-electron chi connectivity index (χ1n) is 9.00. The van der Waals surface area contributed by atoms with Crippen LogP contribution in [0.2, 0.25) is 5.15 Å². The zero-order chi connectivity index (χ0) is 19.5. The third kappa shape index (κ3) is 3.72. The van der Waals surface area contributed by atoms with Crippen LogP contribution in [-0.4, -0.2) is 42.1 Å². The summed E-state index contributed by atoms with van der Waals surface area (Å²) in [4.78, 5) is 10.5. The minimum Gasteiger partial charge on any atom is -0.492 e. The second-order valence-electron chi connectivity index (χ2n) is 6.69. The van der Waals surface area contributed by atoms with Gasteiger partial charge in [0.1, 0.15) is 29.6 Å². The Hall–Kier alpha value is -2.89. The zero-order valence-corrected chi connectivity index (χ0v) is 16.5. The smallest absolute Gasteiger partial charge is 0.231 e. The lowest BCUT2D eigenvalue weighted by molar-refractivity contribution is 0.261. The van der Waals surface area contributed by atoms with Crippen LogP contribution in [0.25, 0.3) is 33.6 Å². The van der Waals surface area contributed by atoms with E-state index in [2.05, 4.69) is 14.9 Å². The van der Waals surface area contributed by atoms with E-state index in [1.165, 1.54) is 6.33 Å². The molecule has 0 spiro atoms. The Morgan fingerprint density at radius 3 is 2.43 bits per heavy atom. The summed E-state index contributed by atoms with van der Waals surface area (Å²) in [5, 5.41) is 1.10. The number of likely N-dealkylation sites (N-methyl/N-ethyl adjacent to an activating group) is 1. The summed E-state index contributed by atoms with van der Waals surface area (Å²) < 4.78 is 11.9. The van der Waals surface area contributed by atoms with Crippen molar-refractivity contribution in [3.63, 3.8) is 0 Å². The Kier molecular flexibility index (Phi) is 5.28. The fourth-order valence-corrected chi connectivity index (χ4v) is 3.25. The van der Waals surface area contributed by atoms with Gasteiger partial charge < -0.3 is 14.1 Å². The Bertz CT molecular complexity index is 1080. The van der Waals surface area contributed by atoms with Crippen molar-refractivity contribution in [3.05, 3.63) is 66.1 Å². The fourth-order valence-electron chi connectivity index (χ4n) is 3.03. The van der Waals surface area contributed by atoms with Crippen molar-refractivity contribution in [2.45, 2.75) is 0 Å². The Morgan fingerprint density at radius 1 is 0.964 bits per heavy atom. The zero-order valence-electron chi connectivity index (χ0n) is 15.7. The second kappa shape index (κ2) is 8.00. The van der Waals surface area contributed by atoms with Crippen molar-refractivity contribution in [2.24, 2.45) is 0 Å². The molecular weight excluding hydrogens is 374 g/mol. The van der Waals surface area contributed by atoms with Gasteiger partial charge in [0.2, 0.25) is 5.71 Å². The summed E-state index contributed by atoms with van der Waals surface area (Å²) in [6, 6.07) is 17.8. The van der Waals surface area contributed by atoms with Crippen LogP contribution in [0, 0.1) is 0 Å². The molecule has 0 atom stereocenters. The molecular formula is C22H20ClN3O2. The number of fused-ring (bicyclic) bond motifs is 1. The quantitative estimate of drug-likeness (QED) is 0.424. The predicted octanol–water partition coefficient (Wildman–Crippen LogP) is 5.15. The van der Waals surface area contributed by atoms with Crippen LogP contribution < -0.4 is 4.74 Å². The number of hydrogen-bond donors (Lipinski definition) is 0. The third-order valence-electron chi connectivity index (χ3n) is 4.43. The van der Waals surface area contributed by atoms with E-state index in [-0.39, 0.29) is 0 Å². The molecule has 2 heterocycles. The summed E-state index contributed by atoms with van der Waals surface area (Å²) >= 11 is 6.39. The average molecular weight is 394 g/mol. The fraction of sp³-hybridized carbons (Fsp3) is 0.182. The molecule has 6 heteroatoms. The first-order chi connectivity index (χ1) is 13.6. The molecule has 0 saturated heterocycles. The molecule has 5 nitrogen and oxygen atoms in total. The first kappa shape index (κ1) is 18.5. The highest BCUT2D eigenvalue weighted by Crippen LogP contribution is 2.42. The number of nitrogens with zero attached hydrogens (tertiary/aromatic N) is 3. The molecule has 0 aliphatic heterocycles. The highest BCUT2D eigenvalue weighted by atomic mass is 35.5. The van der Waals surface area contributed by atoms with E-state index < -0.39 is 0 Å². The summed E-state index contributed by atoms with van der Waals surface area (Å²) in [6.07, 6.45) is 1.41. The number of ether oxygens (including phenoxy) is 1. The van der Waals surface area contributed by atoms with Crippen LogP contribution in [0.15, 0.2) is 65.3 Å². The van der Waals surface area contributed by atoms with E-state index in [1.807, 2.05) is 68.7 Å². The Morgan fingerprint density at radius 2 is 1.71 bits per heavy atom. The molecule has 0 aliphatic carbocycles. The van der Waals surface area contributed by atoms with Crippen molar-refractivity contribution in [1.29, 1.82) is 0 Å². The highest BCUT2D eigenvalue weighted by molar-refractivity contribution is 6.35. The van der Waals surface area contributed by atoms with Crippen LogP contribution in [0.1, 0.15) is 0 Å². The largest absolute Gasteiger partial charge is 0.492 e. The number of benzene rings is 2. The molecule has 4 aromatic rings. The minimum absolute atomic E-state index is 0.377. The van der Waals surface area contributed by atoms with E-state index in [0.29, 0.717) is 23.2 Å². The summed E-state index contributed by atoms with van der Waals surface area (Å²) in [5.41, 5.74) is 3.29. The number of halogens is 1. The predicted molar refractivity (Wildman–Crippen MR) is 112 cm³/mol. The number of aromatic nitrogens is 2. The monoisotopic (exact) mass is 393 g/mol. The molecule has 2 aromatic carbocycles. The van der Waals surface area contributed by atoms with Crippen LogP contribution in [0.4, 0.5) is 0 Å². The van der Waals surface area contributed by atoms with Gasteiger partial charge in [-0.05, 0) is 43.9 Å². The number of hydrogen-bond acceptors (Lipinski definition) is 5. The third-order valence-corrected chi connectivity index (χ3v) is 4.71. The standard InChI is InChI=1S/C22H20ClN3O2/c1-26(2)12-13-27-17-10-8-16(9-11-17)20-18(15-6-4-3-5-7-15)19-21(23)24-14-25-22(19)28-20/h3-11,14H,12-13H2,1-2H3. The van der Waals surface area contributed by atoms with Gasteiger partial charge in [-0.15, -0.1) is 0 Å². The maximum Gasteiger partial charge on any atom is 0.231 e. The van der Waals surface area contributed by atoms with Crippen molar-refractivity contribution < 1.29 is 9.15 Å². The van der Waals surface area contributed by atoms with Crippen LogP contribution in [0.3, 0.4) is 0 Å². The summed E-state index contributed by atoms with van der Waals surface area (Å²) in [6.45, 7) is 1.50. The number of furan rings is 1. The van der Waals surface area contributed by atoms with Gasteiger partial charge in [0.15, 0.2) is 0 Å². The van der Waals surface area contributed by atoms with Crippen LogP contribution in [-0.2, 0) is 0 Å².